The van der Waals surface area contributed by atoms with E-state index in [0.29, 0.717) is 6.54 Å². The van der Waals surface area contributed by atoms with Crippen molar-refractivity contribution in [3.63, 3.8) is 0 Å². The molecule has 5 nitrogen and oxygen atoms in total. The number of carboxylic acid groups (broad SMARTS) is 1. The number of amides is 1. The quantitative estimate of drug-likeness (QED) is 0.903. The summed E-state index contributed by atoms with van der Waals surface area (Å²) in [7, 11) is 0. The first kappa shape index (κ1) is 12.8. The van der Waals surface area contributed by atoms with Crippen LogP contribution in [0.15, 0.2) is 32.5 Å². The predicted molar refractivity (Wildman–Crippen MR) is 68.9 cm³/mol. The Hall–Kier alpha value is -1.60. The van der Waals surface area contributed by atoms with E-state index >= 15 is 0 Å². The molecule has 0 unspecified atom stereocenters. The molecule has 0 aromatic carbocycles. The molecular weight excluding hydrogens is 322 g/mol. The van der Waals surface area contributed by atoms with Gasteiger partial charge in [0, 0.05) is 9.35 Å². The van der Waals surface area contributed by atoms with Gasteiger partial charge in [-0.1, -0.05) is 0 Å². The van der Waals surface area contributed by atoms with Gasteiger partial charge in [-0.25, -0.2) is 4.79 Å². The van der Waals surface area contributed by atoms with E-state index in [2.05, 4.69) is 21.2 Å². The van der Waals surface area contributed by atoms with E-state index in [0.717, 1.165) is 9.35 Å². The number of halogens is 1. The van der Waals surface area contributed by atoms with Crippen molar-refractivity contribution in [1.82, 2.24) is 5.32 Å². The van der Waals surface area contributed by atoms with Gasteiger partial charge in [0.25, 0.3) is 5.91 Å². The van der Waals surface area contributed by atoms with Crippen LogP contribution in [0.3, 0.4) is 0 Å². The normalized spacial score (nSPS) is 10.3. The zero-order chi connectivity index (χ0) is 13.1. The summed E-state index contributed by atoms with van der Waals surface area (Å²) in [5, 5.41) is 13.2. The minimum Gasteiger partial charge on any atom is -0.475 e. The Labute approximate surface area is 115 Å². The number of rotatable bonds is 4. The molecule has 2 rings (SSSR count). The summed E-state index contributed by atoms with van der Waals surface area (Å²) in [5.74, 6) is -1.91. The third kappa shape index (κ3) is 2.80. The second-order valence-corrected chi connectivity index (χ2v) is 5.20. The van der Waals surface area contributed by atoms with Crippen LogP contribution in [0.4, 0.5) is 0 Å². The summed E-state index contributed by atoms with van der Waals surface area (Å²) in [4.78, 5) is 23.3. The molecule has 0 spiro atoms. The van der Waals surface area contributed by atoms with Gasteiger partial charge in [-0.15, -0.1) is 11.3 Å². The fourth-order valence-corrected chi connectivity index (χ4v) is 2.71. The van der Waals surface area contributed by atoms with Crippen LogP contribution >= 0.6 is 27.3 Å². The Bertz CT molecular complexity index is 589. The molecule has 94 valence electrons. The maximum Gasteiger partial charge on any atom is 0.371 e. The number of nitrogens with one attached hydrogen (secondary N) is 1. The first-order valence-electron chi connectivity index (χ1n) is 4.91. The second-order valence-electron chi connectivity index (χ2n) is 3.34. The minimum atomic E-state index is -1.20. The van der Waals surface area contributed by atoms with E-state index in [1.807, 2.05) is 11.4 Å². The SMILES string of the molecule is O=C(O)c1ccc(C(=O)NCc2sccc2Br)o1. The lowest BCUT2D eigenvalue weighted by molar-refractivity contribution is 0.0659. The lowest BCUT2D eigenvalue weighted by Gasteiger charge is -2.01. The van der Waals surface area contributed by atoms with Gasteiger partial charge in [-0.2, -0.15) is 0 Å². The molecule has 0 radical (unpaired) electrons. The molecule has 2 aromatic rings. The van der Waals surface area contributed by atoms with Crippen LogP contribution in [0.5, 0.6) is 0 Å². The zero-order valence-corrected chi connectivity index (χ0v) is 11.4. The molecule has 0 atom stereocenters. The van der Waals surface area contributed by atoms with Gasteiger partial charge in [0.2, 0.25) is 5.76 Å². The molecule has 0 aliphatic rings. The molecule has 0 saturated carbocycles. The van der Waals surface area contributed by atoms with E-state index < -0.39 is 11.9 Å². The van der Waals surface area contributed by atoms with Crippen molar-refractivity contribution in [3.05, 3.63) is 44.4 Å². The molecule has 1 amide bonds. The molecular formula is C11H8BrNO4S. The van der Waals surface area contributed by atoms with Gasteiger partial charge in [0.05, 0.1) is 6.54 Å². The summed E-state index contributed by atoms with van der Waals surface area (Å²) in [6.45, 7) is 0.361. The molecule has 7 heteroatoms. The molecule has 2 aromatic heterocycles. The van der Waals surface area contributed by atoms with Crippen LogP contribution in [0, 0.1) is 0 Å². The third-order valence-corrected chi connectivity index (χ3v) is 4.07. The minimum absolute atomic E-state index is 0.0138. The molecule has 0 bridgehead atoms. The number of aromatic carboxylic acids is 1. The summed E-state index contributed by atoms with van der Waals surface area (Å²) in [6.07, 6.45) is 0. The number of furan rings is 1. The van der Waals surface area contributed by atoms with Crippen molar-refractivity contribution in [2.75, 3.05) is 0 Å². The van der Waals surface area contributed by atoms with Gasteiger partial charge >= 0.3 is 5.97 Å². The summed E-state index contributed by atoms with van der Waals surface area (Å²) < 4.78 is 5.82. The Kier molecular flexibility index (Phi) is 3.83. The van der Waals surface area contributed by atoms with Crippen molar-refractivity contribution >= 4 is 39.1 Å². The van der Waals surface area contributed by atoms with Crippen molar-refractivity contribution < 1.29 is 19.1 Å². The molecule has 2 N–H and O–H groups in total. The number of thiophene rings is 1. The van der Waals surface area contributed by atoms with E-state index in [-0.39, 0.29) is 11.5 Å². The van der Waals surface area contributed by atoms with E-state index in [9.17, 15) is 9.59 Å². The first-order valence-corrected chi connectivity index (χ1v) is 6.58. The van der Waals surface area contributed by atoms with E-state index in [4.69, 9.17) is 9.52 Å². The van der Waals surface area contributed by atoms with E-state index in [1.165, 1.54) is 23.5 Å². The number of hydrogen-bond donors (Lipinski definition) is 2. The van der Waals surface area contributed by atoms with Crippen LogP contribution in [0.1, 0.15) is 26.0 Å². The van der Waals surface area contributed by atoms with Crippen LogP contribution in [0.2, 0.25) is 0 Å². The van der Waals surface area contributed by atoms with Crippen LogP contribution in [-0.2, 0) is 6.54 Å². The molecule has 0 aliphatic carbocycles. The van der Waals surface area contributed by atoms with Crippen molar-refractivity contribution in [3.8, 4) is 0 Å². The Morgan fingerprint density at radius 2 is 2.06 bits per heavy atom. The smallest absolute Gasteiger partial charge is 0.371 e. The Balaban J connectivity index is 1.99. The highest BCUT2D eigenvalue weighted by Gasteiger charge is 2.14. The summed E-state index contributed by atoms with van der Waals surface area (Å²) in [6, 6.07) is 4.47. The third-order valence-electron chi connectivity index (χ3n) is 2.14. The Morgan fingerprint density at radius 3 is 2.61 bits per heavy atom. The number of hydrogen-bond acceptors (Lipinski definition) is 4. The first-order chi connectivity index (χ1) is 8.58. The monoisotopic (exact) mass is 329 g/mol. The largest absolute Gasteiger partial charge is 0.475 e. The number of carbonyl (C=O) groups excluding carboxylic acids is 1. The fourth-order valence-electron chi connectivity index (χ4n) is 1.27. The second kappa shape index (κ2) is 5.36. The Morgan fingerprint density at radius 1 is 1.33 bits per heavy atom. The topological polar surface area (TPSA) is 79.5 Å². The molecule has 0 fully saturated rings. The highest BCUT2D eigenvalue weighted by molar-refractivity contribution is 9.10. The van der Waals surface area contributed by atoms with Gasteiger partial charge in [-0.3, -0.25) is 4.79 Å². The van der Waals surface area contributed by atoms with Gasteiger partial charge in [0.1, 0.15) is 0 Å². The van der Waals surface area contributed by atoms with Gasteiger partial charge in [-0.05, 0) is 39.5 Å². The summed E-state index contributed by atoms with van der Waals surface area (Å²) >= 11 is 4.86. The molecule has 18 heavy (non-hydrogen) atoms. The van der Waals surface area contributed by atoms with Gasteiger partial charge in [0.15, 0.2) is 5.76 Å². The molecule has 2 heterocycles. The average Bonchev–Trinajstić information content (AvgIpc) is 2.94. The van der Waals surface area contributed by atoms with Gasteiger partial charge < -0.3 is 14.8 Å². The maximum atomic E-state index is 11.7. The fraction of sp³-hybridized carbons (Fsp3) is 0.0909. The van der Waals surface area contributed by atoms with Crippen LogP contribution in [-0.4, -0.2) is 17.0 Å². The number of carboxylic acids is 1. The van der Waals surface area contributed by atoms with Crippen molar-refractivity contribution in [2.45, 2.75) is 6.54 Å². The maximum absolute atomic E-state index is 11.7. The molecule has 0 saturated heterocycles. The predicted octanol–water partition coefficient (Wildman–Crippen LogP) is 2.73. The zero-order valence-electron chi connectivity index (χ0n) is 8.97. The molecule has 0 aliphatic heterocycles. The van der Waals surface area contributed by atoms with Crippen molar-refractivity contribution in [2.24, 2.45) is 0 Å². The highest BCUT2D eigenvalue weighted by Crippen LogP contribution is 2.22. The summed E-state index contributed by atoms with van der Waals surface area (Å²) in [5.41, 5.74) is 0. The van der Waals surface area contributed by atoms with Crippen molar-refractivity contribution in [1.29, 1.82) is 0 Å². The van der Waals surface area contributed by atoms with E-state index in [1.54, 1.807) is 0 Å². The number of carbonyl (C=O) groups is 2. The average molecular weight is 330 g/mol. The lowest BCUT2D eigenvalue weighted by atomic mass is 10.4. The van der Waals surface area contributed by atoms with Crippen LogP contribution in [0.25, 0.3) is 0 Å². The highest BCUT2D eigenvalue weighted by atomic mass is 79.9. The standard InChI is InChI=1S/C11H8BrNO4S/c12-6-3-4-18-9(6)5-13-10(14)7-1-2-8(17-7)11(15)16/h1-4H,5H2,(H,13,14)(H,15,16). The van der Waals surface area contributed by atoms with Crippen LogP contribution < -0.4 is 5.32 Å². The lowest BCUT2D eigenvalue weighted by Crippen LogP contribution is -2.21.